The van der Waals surface area contributed by atoms with Gasteiger partial charge in [-0.3, -0.25) is 4.79 Å². The fourth-order valence-electron chi connectivity index (χ4n) is 0.371. The predicted molar refractivity (Wildman–Crippen MR) is 36.4 cm³/mol. The first kappa shape index (κ1) is 10.3. The Balaban J connectivity index is 3.76. The molecule has 0 saturated heterocycles. The van der Waals surface area contributed by atoms with Crippen molar-refractivity contribution >= 4 is 5.97 Å². The van der Waals surface area contributed by atoms with Crippen molar-refractivity contribution in [3.05, 3.63) is 0 Å². The topological polar surface area (TPSA) is 26.3 Å². The molecule has 1 atom stereocenters. The molecule has 0 bridgehead atoms. The van der Waals surface area contributed by atoms with Gasteiger partial charge < -0.3 is 4.74 Å². The molecule has 0 aromatic rings. The molecule has 0 aliphatic heterocycles. The maximum absolute atomic E-state index is 11.8. The fourth-order valence-corrected chi connectivity index (χ4v) is 0.371. The number of carbonyl (C=O) groups is 1. The summed E-state index contributed by atoms with van der Waals surface area (Å²) in [5, 5.41) is 0. The molecule has 0 N–H and O–H groups in total. The van der Waals surface area contributed by atoms with Gasteiger partial charge in [-0.25, -0.2) is 8.78 Å². The zero-order valence-electron chi connectivity index (χ0n) is 6.80. The van der Waals surface area contributed by atoms with Crippen LogP contribution in [0.1, 0.15) is 20.8 Å². The molecule has 0 spiro atoms. The molecule has 2 nitrogen and oxygen atoms in total. The minimum absolute atomic E-state index is 0.351. The Morgan fingerprint density at radius 2 is 1.73 bits per heavy atom. The average Bonchev–Trinajstić information content (AvgIpc) is 1.87. The molecule has 0 saturated carbocycles. The second-order valence-electron chi connectivity index (χ2n) is 2.63. The molecule has 11 heavy (non-hydrogen) atoms. The first-order valence-corrected chi connectivity index (χ1v) is 3.43. The highest BCUT2D eigenvalue weighted by atomic mass is 19.3. The molecule has 4 heteroatoms. The monoisotopic (exact) mass is 166 g/mol. The Labute approximate surface area is 64.5 Å². The fraction of sp³-hybridized carbons (Fsp3) is 0.857. The Morgan fingerprint density at radius 1 is 1.27 bits per heavy atom. The van der Waals surface area contributed by atoms with Gasteiger partial charge in [-0.05, 0) is 6.92 Å². The van der Waals surface area contributed by atoms with E-state index >= 15 is 0 Å². The summed E-state index contributed by atoms with van der Waals surface area (Å²) in [4.78, 5) is 10.7. The maximum atomic E-state index is 11.8. The van der Waals surface area contributed by atoms with Crippen molar-refractivity contribution in [2.24, 2.45) is 5.92 Å². The molecule has 0 aromatic carbocycles. The van der Waals surface area contributed by atoms with Crippen molar-refractivity contribution < 1.29 is 18.3 Å². The lowest BCUT2D eigenvalue weighted by atomic mass is 10.2. The van der Waals surface area contributed by atoms with Crippen molar-refractivity contribution in [2.75, 3.05) is 0 Å². The van der Waals surface area contributed by atoms with Gasteiger partial charge in [0, 0.05) is 0 Å². The van der Waals surface area contributed by atoms with Gasteiger partial charge in [-0.2, -0.15) is 0 Å². The van der Waals surface area contributed by atoms with Gasteiger partial charge in [0.1, 0.15) is 0 Å². The minimum atomic E-state index is -2.60. The molecule has 0 rings (SSSR count). The number of alkyl halides is 2. The SMILES string of the molecule is CC(C)C(=O)OC(C)C(F)F. The number of halogens is 2. The van der Waals surface area contributed by atoms with Gasteiger partial charge >= 0.3 is 5.97 Å². The lowest BCUT2D eigenvalue weighted by Crippen LogP contribution is -2.24. The van der Waals surface area contributed by atoms with Gasteiger partial charge in [0.25, 0.3) is 6.43 Å². The van der Waals surface area contributed by atoms with Crippen LogP contribution in [0.25, 0.3) is 0 Å². The quantitative estimate of drug-likeness (QED) is 0.598. The molecule has 0 heterocycles. The van der Waals surface area contributed by atoms with Gasteiger partial charge in [-0.15, -0.1) is 0 Å². The van der Waals surface area contributed by atoms with E-state index < -0.39 is 18.5 Å². The van der Waals surface area contributed by atoms with E-state index in [9.17, 15) is 13.6 Å². The van der Waals surface area contributed by atoms with Crippen LogP contribution >= 0.6 is 0 Å². The van der Waals surface area contributed by atoms with E-state index in [4.69, 9.17) is 0 Å². The summed E-state index contributed by atoms with van der Waals surface area (Å²) in [6, 6.07) is 0. The summed E-state index contributed by atoms with van der Waals surface area (Å²) >= 11 is 0. The van der Waals surface area contributed by atoms with Crippen LogP contribution in [0.4, 0.5) is 8.78 Å². The first-order chi connectivity index (χ1) is 4.95. The first-order valence-electron chi connectivity index (χ1n) is 3.43. The normalized spacial score (nSPS) is 13.7. The van der Waals surface area contributed by atoms with E-state index in [1.54, 1.807) is 13.8 Å². The molecule has 0 aromatic heterocycles. The van der Waals surface area contributed by atoms with Crippen LogP contribution in [-0.2, 0) is 9.53 Å². The van der Waals surface area contributed by atoms with Gasteiger partial charge in [0.05, 0.1) is 5.92 Å². The van der Waals surface area contributed by atoms with Crippen LogP contribution in [0.2, 0.25) is 0 Å². The average molecular weight is 166 g/mol. The van der Waals surface area contributed by atoms with E-state index in [-0.39, 0.29) is 5.92 Å². The largest absolute Gasteiger partial charge is 0.456 e. The Hall–Kier alpha value is -0.670. The van der Waals surface area contributed by atoms with Crippen LogP contribution in [0.15, 0.2) is 0 Å². The van der Waals surface area contributed by atoms with E-state index in [0.717, 1.165) is 0 Å². The third-order valence-electron chi connectivity index (χ3n) is 1.13. The number of esters is 1. The molecular formula is C7H12F2O2. The van der Waals surface area contributed by atoms with Crippen LogP contribution in [0.3, 0.4) is 0 Å². The second kappa shape index (κ2) is 4.26. The zero-order valence-corrected chi connectivity index (χ0v) is 6.80. The van der Waals surface area contributed by atoms with Crippen molar-refractivity contribution in [2.45, 2.75) is 33.3 Å². The van der Waals surface area contributed by atoms with Crippen LogP contribution in [0.5, 0.6) is 0 Å². The number of hydrogen-bond donors (Lipinski definition) is 0. The molecule has 0 fully saturated rings. The number of hydrogen-bond acceptors (Lipinski definition) is 2. The van der Waals surface area contributed by atoms with Crippen molar-refractivity contribution in [1.29, 1.82) is 0 Å². The number of ether oxygens (including phenoxy) is 1. The molecule has 0 aliphatic rings. The summed E-state index contributed by atoms with van der Waals surface area (Å²) in [5.41, 5.74) is 0. The molecule has 0 amide bonds. The van der Waals surface area contributed by atoms with E-state index in [1.165, 1.54) is 6.92 Å². The summed E-state index contributed by atoms with van der Waals surface area (Å²) in [6.45, 7) is 4.37. The summed E-state index contributed by atoms with van der Waals surface area (Å²) < 4.78 is 27.9. The van der Waals surface area contributed by atoms with Gasteiger partial charge in [0.15, 0.2) is 6.10 Å². The smallest absolute Gasteiger partial charge is 0.308 e. The third-order valence-corrected chi connectivity index (χ3v) is 1.13. The highest BCUT2D eigenvalue weighted by Crippen LogP contribution is 2.07. The predicted octanol–water partition coefficient (Wildman–Crippen LogP) is 1.84. The lowest BCUT2D eigenvalue weighted by Gasteiger charge is -2.13. The van der Waals surface area contributed by atoms with Crippen LogP contribution < -0.4 is 0 Å². The second-order valence-corrected chi connectivity index (χ2v) is 2.63. The van der Waals surface area contributed by atoms with E-state index in [0.29, 0.717) is 0 Å². The van der Waals surface area contributed by atoms with Crippen LogP contribution in [0, 0.1) is 5.92 Å². The molecule has 1 unspecified atom stereocenters. The highest BCUT2D eigenvalue weighted by molar-refractivity contribution is 5.71. The molecular weight excluding hydrogens is 154 g/mol. The van der Waals surface area contributed by atoms with Gasteiger partial charge in [0.2, 0.25) is 0 Å². The number of carbonyl (C=O) groups excluding carboxylic acids is 1. The summed E-state index contributed by atoms with van der Waals surface area (Å²) in [7, 11) is 0. The Bertz CT molecular complexity index is 134. The van der Waals surface area contributed by atoms with Crippen LogP contribution in [-0.4, -0.2) is 18.5 Å². The number of rotatable bonds is 3. The standard InChI is InChI=1S/C7H12F2O2/c1-4(2)7(10)11-5(3)6(8)9/h4-6H,1-3H3. The minimum Gasteiger partial charge on any atom is -0.456 e. The molecule has 0 radical (unpaired) electrons. The Kier molecular flexibility index (Phi) is 4.00. The third kappa shape index (κ3) is 3.91. The van der Waals surface area contributed by atoms with Crippen molar-refractivity contribution in [1.82, 2.24) is 0 Å². The molecule has 0 aliphatic carbocycles. The van der Waals surface area contributed by atoms with E-state index in [2.05, 4.69) is 4.74 Å². The zero-order chi connectivity index (χ0) is 9.02. The molecule has 66 valence electrons. The summed E-state index contributed by atoms with van der Waals surface area (Å²) in [6.07, 6.45) is -3.90. The Morgan fingerprint density at radius 3 is 2.00 bits per heavy atom. The van der Waals surface area contributed by atoms with Crippen molar-refractivity contribution in [3.8, 4) is 0 Å². The van der Waals surface area contributed by atoms with Gasteiger partial charge in [-0.1, -0.05) is 13.8 Å². The highest BCUT2D eigenvalue weighted by Gasteiger charge is 2.20. The lowest BCUT2D eigenvalue weighted by molar-refractivity contribution is -0.159. The van der Waals surface area contributed by atoms with Crippen molar-refractivity contribution in [3.63, 3.8) is 0 Å². The van der Waals surface area contributed by atoms with E-state index in [1.807, 2.05) is 0 Å². The maximum Gasteiger partial charge on any atom is 0.308 e. The summed E-state index contributed by atoms with van der Waals surface area (Å²) in [5.74, 6) is -0.936.